The number of aryl methyl sites for hydroxylation is 2. The van der Waals surface area contributed by atoms with Gasteiger partial charge in [0.25, 0.3) is 5.56 Å². The van der Waals surface area contributed by atoms with Gasteiger partial charge in [-0.15, -0.1) is 0 Å². The number of pyridine rings is 2. The van der Waals surface area contributed by atoms with Crippen LogP contribution in [0, 0.1) is 12.3 Å². The molecule has 0 N–H and O–H groups in total. The van der Waals surface area contributed by atoms with Crippen molar-refractivity contribution in [3.05, 3.63) is 58.4 Å². The minimum absolute atomic E-state index is 0.0704. The molecule has 1 fully saturated rings. The van der Waals surface area contributed by atoms with Gasteiger partial charge in [0.05, 0.1) is 18.4 Å². The van der Waals surface area contributed by atoms with E-state index in [1.165, 1.54) is 0 Å². The fourth-order valence-electron chi connectivity index (χ4n) is 4.11. The molecule has 6 heteroatoms. The van der Waals surface area contributed by atoms with Crippen LogP contribution >= 0.6 is 0 Å². The Labute approximate surface area is 183 Å². The van der Waals surface area contributed by atoms with E-state index in [0.29, 0.717) is 19.5 Å². The molecule has 0 unspecified atom stereocenters. The molecule has 0 aromatic carbocycles. The van der Waals surface area contributed by atoms with Gasteiger partial charge in [0.1, 0.15) is 5.65 Å². The van der Waals surface area contributed by atoms with Crippen molar-refractivity contribution in [2.75, 3.05) is 6.54 Å². The van der Waals surface area contributed by atoms with Gasteiger partial charge in [0.2, 0.25) is 5.91 Å². The Bertz CT molecular complexity index is 1170. The molecule has 4 rings (SSSR count). The first-order valence-corrected chi connectivity index (χ1v) is 11.2. The largest absolute Gasteiger partial charge is 0.337 e. The number of carbonyl (C=O) groups is 1. The van der Waals surface area contributed by atoms with E-state index in [2.05, 4.69) is 36.4 Å². The number of carbonyl (C=O) groups excluding carboxylic acids is 1. The number of imidazole rings is 1. The van der Waals surface area contributed by atoms with Crippen molar-refractivity contribution in [3.63, 3.8) is 0 Å². The third-order valence-electron chi connectivity index (χ3n) is 6.06. The summed E-state index contributed by atoms with van der Waals surface area (Å²) in [5.74, 6) is 0.221. The summed E-state index contributed by atoms with van der Waals surface area (Å²) >= 11 is 0. The number of hydrogen-bond donors (Lipinski definition) is 0. The second-order valence-electron chi connectivity index (χ2n) is 9.89. The fraction of sp³-hybridized carbons (Fsp3) is 0.480. The highest BCUT2D eigenvalue weighted by Gasteiger charge is 2.20. The summed E-state index contributed by atoms with van der Waals surface area (Å²) in [5.41, 5.74) is 4.90. The second kappa shape index (κ2) is 8.33. The third-order valence-corrected chi connectivity index (χ3v) is 6.06. The Morgan fingerprint density at radius 1 is 1.06 bits per heavy atom. The second-order valence-corrected chi connectivity index (χ2v) is 9.89. The van der Waals surface area contributed by atoms with Gasteiger partial charge in [-0.1, -0.05) is 20.8 Å². The minimum Gasteiger partial charge on any atom is -0.337 e. The smallest absolute Gasteiger partial charge is 0.253 e. The molecule has 1 saturated heterocycles. The van der Waals surface area contributed by atoms with Crippen molar-refractivity contribution >= 4 is 11.6 Å². The van der Waals surface area contributed by atoms with Crippen LogP contribution in [0.5, 0.6) is 0 Å². The Hall–Kier alpha value is -2.89. The number of likely N-dealkylation sites (tertiary alicyclic amines) is 1. The molecular weight excluding hydrogens is 388 g/mol. The lowest BCUT2D eigenvalue weighted by Gasteiger charge is -2.26. The normalized spacial score (nSPS) is 15.1. The van der Waals surface area contributed by atoms with Crippen LogP contribution in [0.15, 0.2) is 41.6 Å². The number of piperidine rings is 1. The third kappa shape index (κ3) is 4.73. The molecule has 0 aliphatic carbocycles. The molecular formula is C25H32N4O2. The van der Waals surface area contributed by atoms with Crippen LogP contribution in [0.4, 0.5) is 0 Å². The van der Waals surface area contributed by atoms with Gasteiger partial charge in [-0.3, -0.25) is 9.59 Å². The van der Waals surface area contributed by atoms with Gasteiger partial charge in [0, 0.05) is 37.5 Å². The average molecular weight is 421 g/mol. The highest BCUT2D eigenvalue weighted by atomic mass is 16.2. The van der Waals surface area contributed by atoms with Crippen LogP contribution in [0.2, 0.25) is 0 Å². The van der Waals surface area contributed by atoms with E-state index in [9.17, 15) is 9.59 Å². The quantitative estimate of drug-likeness (QED) is 0.614. The zero-order chi connectivity index (χ0) is 22.2. The molecule has 31 heavy (non-hydrogen) atoms. The van der Waals surface area contributed by atoms with Gasteiger partial charge in [-0.2, -0.15) is 0 Å². The molecule has 3 aromatic heterocycles. The minimum atomic E-state index is 0.0704. The van der Waals surface area contributed by atoms with E-state index < -0.39 is 0 Å². The maximum absolute atomic E-state index is 12.7. The van der Waals surface area contributed by atoms with Crippen LogP contribution in [0.25, 0.3) is 16.8 Å². The maximum Gasteiger partial charge on any atom is 0.253 e. The van der Waals surface area contributed by atoms with Crippen LogP contribution in [0.1, 0.15) is 57.7 Å². The van der Waals surface area contributed by atoms with Crippen LogP contribution in [0.3, 0.4) is 0 Å². The van der Waals surface area contributed by atoms with Crippen molar-refractivity contribution in [2.45, 2.75) is 66.5 Å². The predicted octanol–water partition coefficient (Wildman–Crippen LogP) is 4.42. The molecule has 1 aliphatic rings. The predicted molar refractivity (Wildman–Crippen MR) is 123 cm³/mol. The molecule has 0 atom stereocenters. The van der Waals surface area contributed by atoms with E-state index in [4.69, 9.17) is 0 Å². The number of hydrogen-bond acceptors (Lipinski definition) is 3. The molecule has 164 valence electrons. The zero-order valence-corrected chi connectivity index (χ0v) is 19.0. The monoisotopic (exact) mass is 420 g/mol. The van der Waals surface area contributed by atoms with Gasteiger partial charge in [-0.25, -0.2) is 4.98 Å². The van der Waals surface area contributed by atoms with Gasteiger partial charge >= 0.3 is 0 Å². The Morgan fingerprint density at radius 2 is 1.87 bits per heavy atom. The van der Waals surface area contributed by atoms with Crippen molar-refractivity contribution in [2.24, 2.45) is 5.41 Å². The van der Waals surface area contributed by atoms with E-state index >= 15 is 0 Å². The first-order valence-electron chi connectivity index (χ1n) is 11.2. The Kier molecular flexibility index (Phi) is 5.73. The number of rotatable bonds is 5. The molecule has 4 heterocycles. The lowest BCUT2D eigenvalue weighted by molar-refractivity contribution is -0.133. The number of amides is 1. The van der Waals surface area contributed by atoms with Gasteiger partial charge in [-0.05, 0) is 60.9 Å². The first kappa shape index (κ1) is 21.3. The van der Waals surface area contributed by atoms with Gasteiger partial charge in [0.15, 0.2) is 0 Å². The lowest BCUT2D eigenvalue weighted by Crippen LogP contribution is -2.34. The molecule has 0 saturated carbocycles. The summed E-state index contributed by atoms with van der Waals surface area (Å²) in [7, 11) is 0. The van der Waals surface area contributed by atoms with Crippen molar-refractivity contribution in [3.8, 4) is 11.1 Å². The average Bonchev–Trinajstić information content (AvgIpc) is 3.12. The zero-order valence-electron chi connectivity index (χ0n) is 19.0. The molecule has 1 amide bonds. The number of aromatic nitrogens is 3. The SMILES string of the molecule is Cc1cc(-c2ccc3ncc(CN4CCCCC4=O)n3c2)cn(CCC(C)(C)C)c1=O. The molecule has 3 aromatic rings. The van der Waals surface area contributed by atoms with Gasteiger partial charge < -0.3 is 13.9 Å². The van der Waals surface area contributed by atoms with Crippen LogP contribution in [-0.2, 0) is 17.9 Å². The van der Waals surface area contributed by atoms with Crippen molar-refractivity contribution in [1.82, 2.24) is 18.9 Å². The summed E-state index contributed by atoms with van der Waals surface area (Å²) in [4.78, 5) is 31.4. The molecule has 0 radical (unpaired) electrons. The fourth-order valence-corrected chi connectivity index (χ4v) is 4.11. The summed E-state index contributed by atoms with van der Waals surface area (Å²) in [6.07, 6.45) is 9.50. The highest BCUT2D eigenvalue weighted by Crippen LogP contribution is 2.24. The summed E-state index contributed by atoms with van der Waals surface area (Å²) in [5, 5.41) is 0. The Balaban J connectivity index is 1.67. The first-order chi connectivity index (χ1) is 14.7. The van der Waals surface area contributed by atoms with E-state index in [-0.39, 0.29) is 16.9 Å². The van der Waals surface area contributed by atoms with E-state index in [0.717, 1.165) is 53.8 Å². The number of nitrogens with zero attached hydrogens (tertiary/aromatic N) is 4. The molecule has 0 spiro atoms. The molecule has 1 aliphatic heterocycles. The highest BCUT2D eigenvalue weighted by molar-refractivity contribution is 5.76. The molecule has 0 bridgehead atoms. The molecule has 6 nitrogen and oxygen atoms in total. The summed E-state index contributed by atoms with van der Waals surface area (Å²) < 4.78 is 3.90. The summed E-state index contributed by atoms with van der Waals surface area (Å²) in [6, 6.07) is 6.00. The van der Waals surface area contributed by atoms with Crippen LogP contribution < -0.4 is 5.56 Å². The Morgan fingerprint density at radius 3 is 2.61 bits per heavy atom. The standard InChI is InChI=1S/C25H32N4O2/c1-18-13-20(15-28(24(18)31)12-10-25(2,3)4)19-8-9-22-26-14-21(29(22)16-19)17-27-11-6-5-7-23(27)30/h8-9,13-16H,5-7,10-12,17H2,1-4H3. The van der Waals surface area contributed by atoms with Crippen molar-refractivity contribution < 1.29 is 4.79 Å². The maximum atomic E-state index is 12.7. The number of fused-ring (bicyclic) bond motifs is 1. The van der Waals surface area contributed by atoms with Crippen LogP contribution in [-0.4, -0.2) is 31.3 Å². The summed E-state index contributed by atoms with van der Waals surface area (Å²) in [6.45, 7) is 10.5. The topological polar surface area (TPSA) is 59.6 Å². The van der Waals surface area contributed by atoms with E-state index in [1.54, 1.807) is 0 Å². The van der Waals surface area contributed by atoms with E-state index in [1.807, 2.05) is 47.0 Å². The lowest BCUT2D eigenvalue weighted by atomic mass is 9.92. The van der Waals surface area contributed by atoms with Crippen molar-refractivity contribution in [1.29, 1.82) is 0 Å².